The quantitative estimate of drug-likeness (QED) is 0.703. The molecule has 8 heteroatoms. The van der Waals surface area contributed by atoms with E-state index in [9.17, 15) is 17.6 Å². The van der Waals surface area contributed by atoms with E-state index in [1.54, 1.807) is 16.4 Å². The van der Waals surface area contributed by atoms with Gasteiger partial charge in [-0.05, 0) is 42.5 Å². The fourth-order valence-electron chi connectivity index (χ4n) is 4.02. The van der Waals surface area contributed by atoms with Crippen LogP contribution in [0.2, 0.25) is 0 Å². The van der Waals surface area contributed by atoms with Crippen LogP contribution in [0.15, 0.2) is 54.6 Å². The number of sulfonamides is 1. The topological polar surface area (TPSA) is 66.9 Å². The van der Waals surface area contributed by atoms with Gasteiger partial charge in [0.25, 0.3) is 0 Å². The maximum absolute atomic E-state index is 13.1. The molecule has 0 N–H and O–H groups in total. The van der Waals surface area contributed by atoms with Gasteiger partial charge in [-0.2, -0.15) is 4.31 Å². The van der Waals surface area contributed by atoms with Crippen LogP contribution in [0.5, 0.6) is 0 Å². The molecule has 4 rings (SSSR count). The molecule has 30 heavy (non-hydrogen) atoms. The molecule has 6 nitrogen and oxygen atoms in total. The van der Waals surface area contributed by atoms with Crippen molar-refractivity contribution in [2.75, 3.05) is 19.6 Å². The normalized spacial score (nSPS) is 20.2. The Bertz CT molecular complexity index is 976. The number of benzene rings is 2. The zero-order valence-electron chi connectivity index (χ0n) is 16.6. The lowest BCUT2D eigenvalue weighted by Crippen LogP contribution is -2.60. The third kappa shape index (κ3) is 4.49. The molecule has 2 aliphatic heterocycles. The molecular weight excluding hydrogens is 407 g/mol. The van der Waals surface area contributed by atoms with E-state index >= 15 is 0 Å². The first-order chi connectivity index (χ1) is 14.4. The number of halogens is 1. The highest BCUT2D eigenvalue weighted by molar-refractivity contribution is 7.89. The summed E-state index contributed by atoms with van der Waals surface area (Å²) < 4.78 is 46.2. The summed E-state index contributed by atoms with van der Waals surface area (Å²) in [6.07, 6.45) is 1.66. The van der Waals surface area contributed by atoms with E-state index in [2.05, 4.69) is 0 Å². The highest BCUT2D eigenvalue weighted by Gasteiger charge is 2.46. The lowest BCUT2D eigenvalue weighted by atomic mass is 10.0. The highest BCUT2D eigenvalue weighted by Crippen LogP contribution is 2.29. The third-order valence-electron chi connectivity index (χ3n) is 5.77. The zero-order valence-corrected chi connectivity index (χ0v) is 17.4. The van der Waals surface area contributed by atoms with Crippen LogP contribution in [0.3, 0.4) is 0 Å². The van der Waals surface area contributed by atoms with Gasteiger partial charge in [-0.25, -0.2) is 17.6 Å². The largest absolute Gasteiger partial charge is 0.445 e. The van der Waals surface area contributed by atoms with Gasteiger partial charge in [0.05, 0.1) is 0 Å². The van der Waals surface area contributed by atoms with Crippen LogP contribution in [0, 0.1) is 5.82 Å². The van der Waals surface area contributed by atoms with E-state index in [1.165, 1.54) is 17.0 Å². The number of hydrogen-bond acceptors (Lipinski definition) is 4. The van der Waals surface area contributed by atoms with Crippen LogP contribution >= 0.6 is 0 Å². The molecule has 0 saturated carbocycles. The van der Waals surface area contributed by atoms with Gasteiger partial charge in [-0.15, -0.1) is 0 Å². The lowest BCUT2D eigenvalue weighted by molar-refractivity contribution is 0.0759. The Hall–Kier alpha value is -2.45. The standard InChI is InChI=1S/C22H25FN2O4S/c23-19-10-8-17(9-11-19)13-20-7-4-12-25(20)30(27,28)21-14-24(15-21)22(26)29-16-18-5-2-1-3-6-18/h1-3,5-6,8-11,20-21H,4,7,12-16H2. The first kappa shape index (κ1) is 20.8. The number of nitrogens with zero attached hydrogens (tertiary/aromatic N) is 2. The SMILES string of the molecule is O=C(OCc1ccccc1)N1CC(S(=O)(=O)N2CCCC2Cc2ccc(F)cc2)C1. The van der Waals surface area contributed by atoms with Crippen LogP contribution in [0.4, 0.5) is 9.18 Å². The van der Waals surface area contributed by atoms with Crippen molar-refractivity contribution < 1.29 is 22.3 Å². The van der Waals surface area contributed by atoms with Gasteiger partial charge in [-0.1, -0.05) is 42.5 Å². The Kier molecular flexibility index (Phi) is 6.06. The second-order valence-corrected chi connectivity index (χ2v) is 10.0. The van der Waals surface area contributed by atoms with Gasteiger partial charge in [0, 0.05) is 25.7 Å². The molecule has 1 amide bonds. The van der Waals surface area contributed by atoms with E-state index in [0.717, 1.165) is 24.0 Å². The predicted molar refractivity (Wildman–Crippen MR) is 111 cm³/mol. The maximum atomic E-state index is 13.1. The van der Waals surface area contributed by atoms with Crippen molar-refractivity contribution >= 4 is 16.1 Å². The predicted octanol–water partition coefficient (Wildman–Crippen LogP) is 3.18. The molecule has 1 atom stereocenters. The first-order valence-corrected chi connectivity index (χ1v) is 11.6. The second kappa shape index (κ2) is 8.73. The van der Waals surface area contributed by atoms with Crippen molar-refractivity contribution in [1.82, 2.24) is 9.21 Å². The minimum Gasteiger partial charge on any atom is -0.445 e. The zero-order chi connectivity index (χ0) is 21.1. The van der Waals surface area contributed by atoms with Gasteiger partial charge in [0.15, 0.2) is 0 Å². The number of likely N-dealkylation sites (tertiary alicyclic amines) is 1. The van der Waals surface area contributed by atoms with E-state index < -0.39 is 21.4 Å². The molecule has 2 fully saturated rings. The molecule has 2 aliphatic rings. The Labute approximate surface area is 176 Å². The number of carbonyl (C=O) groups is 1. The molecule has 2 heterocycles. The monoisotopic (exact) mass is 432 g/mol. The summed E-state index contributed by atoms with van der Waals surface area (Å²) in [6.45, 7) is 0.952. The van der Waals surface area contributed by atoms with E-state index in [4.69, 9.17) is 4.74 Å². The van der Waals surface area contributed by atoms with E-state index in [0.29, 0.717) is 13.0 Å². The summed E-state index contributed by atoms with van der Waals surface area (Å²) in [4.78, 5) is 13.6. The molecule has 2 aromatic rings. The molecule has 2 saturated heterocycles. The maximum Gasteiger partial charge on any atom is 0.410 e. The summed E-state index contributed by atoms with van der Waals surface area (Å²) in [6, 6.07) is 15.4. The molecule has 0 spiro atoms. The highest BCUT2D eigenvalue weighted by atomic mass is 32.2. The minimum atomic E-state index is -3.50. The van der Waals surface area contributed by atoms with Crippen LogP contribution in [-0.2, 0) is 27.8 Å². The average molecular weight is 433 g/mol. The van der Waals surface area contributed by atoms with Crippen LogP contribution in [-0.4, -0.2) is 54.6 Å². The van der Waals surface area contributed by atoms with Crippen LogP contribution in [0.25, 0.3) is 0 Å². The third-order valence-corrected chi connectivity index (χ3v) is 8.04. The fraction of sp³-hybridized carbons (Fsp3) is 0.409. The van der Waals surface area contributed by atoms with Crippen molar-refractivity contribution in [2.45, 2.75) is 37.2 Å². The molecule has 0 bridgehead atoms. The lowest BCUT2D eigenvalue weighted by Gasteiger charge is -2.40. The Morgan fingerprint density at radius 3 is 2.43 bits per heavy atom. The van der Waals surface area contributed by atoms with Crippen molar-refractivity contribution in [2.24, 2.45) is 0 Å². The Balaban J connectivity index is 1.31. The van der Waals surface area contributed by atoms with Gasteiger partial charge >= 0.3 is 6.09 Å². The summed E-state index contributed by atoms with van der Waals surface area (Å²) >= 11 is 0. The second-order valence-electron chi connectivity index (χ2n) is 7.85. The van der Waals surface area contributed by atoms with Gasteiger partial charge in [-0.3, -0.25) is 0 Å². The van der Waals surface area contributed by atoms with Crippen molar-refractivity contribution in [3.8, 4) is 0 Å². The fourth-order valence-corrected chi connectivity index (χ4v) is 6.12. The van der Waals surface area contributed by atoms with E-state index in [1.807, 2.05) is 30.3 Å². The van der Waals surface area contributed by atoms with Gasteiger partial charge in [0.1, 0.15) is 17.7 Å². The van der Waals surface area contributed by atoms with Gasteiger partial charge < -0.3 is 9.64 Å². The average Bonchev–Trinajstić information content (AvgIpc) is 3.17. The Morgan fingerprint density at radius 1 is 1.03 bits per heavy atom. The first-order valence-electron chi connectivity index (χ1n) is 10.1. The number of amides is 1. The number of rotatable bonds is 6. The number of carbonyl (C=O) groups excluding carboxylic acids is 1. The van der Waals surface area contributed by atoms with Crippen molar-refractivity contribution in [3.05, 3.63) is 71.5 Å². The molecule has 160 valence electrons. The molecule has 0 aliphatic carbocycles. The number of hydrogen-bond donors (Lipinski definition) is 0. The van der Waals surface area contributed by atoms with Crippen molar-refractivity contribution in [1.29, 1.82) is 0 Å². The van der Waals surface area contributed by atoms with Crippen molar-refractivity contribution in [3.63, 3.8) is 0 Å². The van der Waals surface area contributed by atoms with E-state index in [-0.39, 0.29) is 31.6 Å². The van der Waals surface area contributed by atoms with Crippen LogP contribution in [0.1, 0.15) is 24.0 Å². The van der Waals surface area contributed by atoms with Gasteiger partial charge in [0.2, 0.25) is 10.0 Å². The smallest absolute Gasteiger partial charge is 0.410 e. The molecular formula is C22H25FN2O4S. The molecule has 1 unspecified atom stereocenters. The molecule has 0 aromatic heterocycles. The minimum absolute atomic E-state index is 0.125. The van der Waals surface area contributed by atoms with Crippen LogP contribution < -0.4 is 0 Å². The summed E-state index contributed by atoms with van der Waals surface area (Å²) in [7, 11) is -3.50. The summed E-state index contributed by atoms with van der Waals surface area (Å²) in [5.41, 5.74) is 1.81. The summed E-state index contributed by atoms with van der Waals surface area (Å²) in [5, 5.41) is -0.601. The Morgan fingerprint density at radius 2 is 1.73 bits per heavy atom. The molecule has 0 radical (unpaired) electrons. The summed E-state index contributed by atoms with van der Waals surface area (Å²) in [5.74, 6) is -0.302. The molecule has 2 aromatic carbocycles. The number of ether oxygens (including phenoxy) is 1.